The van der Waals surface area contributed by atoms with Gasteiger partial charge in [0.2, 0.25) is 11.8 Å². The minimum absolute atomic E-state index is 0.122. The van der Waals surface area contributed by atoms with E-state index in [1.807, 2.05) is 78.9 Å². The molecule has 3 aromatic carbocycles. The molecule has 0 bridgehead atoms. The highest BCUT2D eigenvalue weighted by molar-refractivity contribution is 5.83. The fourth-order valence-electron chi connectivity index (χ4n) is 5.41. The standard InChI is InChI=1S/C35H44N4O6/c1-22(40)36-20-24-14-16-25(17-15-24)21-37-31(33(43)39-30-27-13-9-8-12-26(27)19-29(30)41)32(42)28(18-23-10-6-5-7-11-23)38-34(44)45-35(2,3)4/h5-17,28-32,37,41-42H,18-21H2,1-4H3,(H,36,40)(H,38,44)(H,39,43)/t28-,29?,30-,31+,32+/m0/s1. The Balaban J connectivity index is 1.58. The first-order valence-corrected chi connectivity index (χ1v) is 15.2. The average molecular weight is 617 g/mol. The minimum Gasteiger partial charge on any atom is -0.444 e. The molecule has 0 heterocycles. The van der Waals surface area contributed by atoms with Crippen LogP contribution in [0.4, 0.5) is 4.79 Å². The van der Waals surface area contributed by atoms with Crippen LogP contribution in [0.1, 0.15) is 61.6 Å². The number of alkyl carbamates (subject to hydrolysis) is 1. The van der Waals surface area contributed by atoms with Crippen LogP contribution in [0.5, 0.6) is 0 Å². The number of rotatable bonds is 12. The number of hydrogen-bond acceptors (Lipinski definition) is 7. The van der Waals surface area contributed by atoms with Crippen LogP contribution in [0, 0.1) is 0 Å². The van der Waals surface area contributed by atoms with E-state index in [4.69, 9.17) is 4.74 Å². The maximum Gasteiger partial charge on any atom is 0.407 e. The van der Waals surface area contributed by atoms with Crippen molar-refractivity contribution in [1.29, 1.82) is 0 Å². The van der Waals surface area contributed by atoms with Crippen molar-refractivity contribution in [2.45, 2.75) is 89.6 Å². The van der Waals surface area contributed by atoms with Crippen LogP contribution < -0.4 is 21.3 Å². The van der Waals surface area contributed by atoms with Crippen molar-refractivity contribution in [3.63, 3.8) is 0 Å². The lowest BCUT2D eigenvalue weighted by Gasteiger charge is -2.32. The topological polar surface area (TPSA) is 149 Å². The zero-order valence-corrected chi connectivity index (χ0v) is 26.2. The molecule has 0 saturated heterocycles. The van der Waals surface area contributed by atoms with Gasteiger partial charge in [0.1, 0.15) is 11.6 Å². The van der Waals surface area contributed by atoms with Crippen molar-refractivity contribution in [2.75, 3.05) is 0 Å². The number of amides is 3. The molecular weight excluding hydrogens is 572 g/mol. The maximum absolute atomic E-state index is 14.0. The van der Waals surface area contributed by atoms with Crippen LogP contribution in [0.3, 0.4) is 0 Å². The summed E-state index contributed by atoms with van der Waals surface area (Å²) in [6.07, 6.45) is -2.27. The number of aliphatic hydroxyl groups is 2. The Hall–Kier alpha value is -4.25. The first-order valence-electron chi connectivity index (χ1n) is 15.2. The summed E-state index contributed by atoms with van der Waals surface area (Å²) in [6, 6.07) is 21.7. The summed E-state index contributed by atoms with van der Waals surface area (Å²) < 4.78 is 5.49. The normalized spacial score (nSPS) is 17.8. The lowest BCUT2D eigenvalue weighted by Crippen LogP contribution is -2.60. The van der Waals surface area contributed by atoms with Crippen molar-refractivity contribution in [1.82, 2.24) is 21.3 Å². The van der Waals surface area contributed by atoms with Gasteiger partial charge >= 0.3 is 6.09 Å². The molecule has 0 aliphatic heterocycles. The van der Waals surface area contributed by atoms with E-state index in [1.54, 1.807) is 20.8 Å². The number of benzene rings is 3. The molecule has 5 atom stereocenters. The zero-order chi connectivity index (χ0) is 32.6. The molecule has 1 aliphatic rings. The fraction of sp³-hybridized carbons (Fsp3) is 0.400. The Morgan fingerprint density at radius 1 is 0.889 bits per heavy atom. The summed E-state index contributed by atoms with van der Waals surface area (Å²) >= 11 is 0. The maximum atomic E-state index is 14.0. The Kier molecular flexibility index (Phi) is 11.3. The van der Waals surface area contributed by atoms with Gasteiger partial charge in [-0.3, -0.25) is 14.9 Å². The summed E-state index contributed by atoms with van der Waals surface area (Å²) in [5.41, 5.74) is 3.63. The van der Waals surface area contributed by atoms with E-state index in [0.29, 0.717) is 13.0 Å². The van der Waals surface area contributed by atoms with E-state index in [9.17, 15) is 24.6 Å². The molecule has 4 rings (SSSR count). The van der Waals surface area contributed by atoms with Crippen LogP contribution in [0.15, 0.2) is 78.9 Å². The number of carbonyl (C=O) groups excluding carboxylic acids is 3. The summed E-state index contributed by atoms with van der Waals surface area (Å²) in [6.45, 7) is 7.33. The largest absolute Gasteiger partial charge is 0.444 e. The first-order chi connectivity index (χ1) is 21.4. The van der Waals surface area contributed by atoms with Crippen molar-refractivity contribution < 1.29 is 29.3 Å². The molecule has 3 amide bonds. The molecule has 3 aromatic rings. The number of fused-ring (bicyclic) bond motifs is 1. The van der Waals surface area contributed by atoms with Crippen molar-refractivity contribution in [3.05, 3.63) is 107 Å². The van der Waals surface area contributed by atoms with E-state index in [2.05, 4.69) is 21.3 Å². The second-order valence-corrected chi connectivity index (χ2v) is 12.5. The van der Waals surface area contributed by atoms with Crippen LogP contribution in [0.25, 0.3) is 0 Å². The molecule has 0 spiro atoms. The number of aliphatic hydroxyl groups excluding tert-OH is 2. The molecule has 1 unspecified atom stereocenters. The van der Waals surface area contributed by atoms with Gasteiger partial charge in [-0.25, -0.2) is 4.79 Å². The minimum atomic E-state index is -1.38. The predicted molar refractivity (Wildman–Crippen MR) is 171 cm³/mol. The smallest absolute Gasteiger partial charge is 0.407 e. The molecular formula is C35H44N4O6. The third-order valence-electron chi connectivity index (χ3n) is 7.63. The second-order valence-electron chi connectivity index (χ2n) is 12.5. The molecule has 45 heavy (non-hydrogen) atoms. The van der Waals surface area contributed by atoms with Crippen LogP contribution in [-0.4, -0.2) is 58.0 Å². The van der Waals surface area contributed by atoms with Crippen LogP contribution in [-0.2, 0) is 40.3 Å². The summed E-state index contributed by atoms with van der Waals surface area (Å²) in [5, 5.41) is 34.4. The van der Waals surface area contributed by atoms with E-state index in [-0.39, 0.29) is 18.9 Å². The van der Waals surface area contributed by atoms with Gasteiger partial charge in [0, 0.05) is 26.4 Å². The summed E-state index contributed by atoms with van der Waals surface area (Å²) in [7, 11) is 0. The van der Waals surface area contributed by atoms with Gasteiger partial charge in [0.05, 0.1) is 24.3 Å². The van der Waals surface area contributed by atoms with Crippen molar-refractivity contribution in [3.8, 4) is 0 Å². The molecule has 0 saturated carbocycles. The third-order valence-corrected chi connectivity index (χ3v) is 7.63. The van der Waals surface area contributed by atoms with Crippen LogP contribution in [0.2, 0.25) is 0 Å². The Morgan fingerprint density at radius 3 is 2.16 bits per heavy atom. The van der Waals surface area contributed by atoms with Gasteiger partial charge in [-0.2, -0.15) is 0 Å². The second kappa shape index (κ2) is 15.2. The zero-order valence-electron chi connectivity index (χ0n) is 26.2. The van der Waals surface area contributed by atoms with E-state index in [0.717, 1.165) is 27.8 Å². The highest BCUT2D eigenvalue weighted by atomic mass is 16.6. The number of carbonyl (C=O) groups is 3. The van der Waals surface area contributed by atoms with Gasteiger partial charge in [-0.15, -0.1) is 0 Å². The third kappa shape index (κ3) is 9.87. The van der Waals surface area contributed by atoms with Gasteiger partial charge in [-0.05, 0) is 55.0 Å². The summed E-state index contributed by atoms with van der Waals surface area (Å²) in [4.78, 5) is 38.1. The number of hydrogen-bond donors (Lipinski definition) is 6. The Bertz CT molecular complexity index is 1440. The van der Waals surface area contributed by atoms with Crippen LogP contribution >= 0.6 is 0 Å². The molecule has 6 N–H and O–H groups in total. The predicted octanol–water partition coefficient (Wildman–Crippen LogP) is 3.05. The monoisotopic (exact) mass is 616 g/mol. The van der Waals surface area contributed by atoms with Crippen molar-refractivity contribution >= 4 is 17.9 Å². The first kappa shape index (κ1) is 33.6. The Morgan fingerprint density at radius 2 is 1.51 bits per heavy atom. The van der Waals surface area contributed by atoms with Crippen molar-refractivity contribution in [2.24, 2.45) is 0 Å². The lowest BCUT2D eigenvalue weighted by molar-refractivity contribution is -0.128. The SMILES string of the molecule is CC(=O)NCc1ccc(CN[C@@H](C(=O)N[C@H]2c3ccccc3CC2O)[C@H](O)[C@H](Cc2ccccc2)NC(=O)OC(C)(C)C)cc1. The molecule has 1 aliphatic carbocycles. The van der Waals surface area contributed by atoms with Gasteiger partial charge in [0.25, 0.3) is 0 Å². The van der Waals surface area contributed by atoms with E-state index < -0.39 is 47.9 Å². The number of nitrogens with one attached hydrogen (secondary N) is 4. The van der Waals surface area contributed by atoms with E-state index >= 15 is 0 Å². The quantitative estimate of drug-likeness (QED) is 0.183. The van der Waals surface area contributed by atoms with E-state index in [1.165, 1.54) is 6.92 Å². The lowest BCUT2D eigenvalue weighted by atomic mass is 9.95. The molecule has 10 heteroatoms. The molecule has 10 nitrogen and oxygen atoms in total. The highest BCUT2D eigenvalue weighted by Gasteiger charge is 2.38. The van der Waals surface area contributed by atoms with Gasteiger partial charge in [0.15, 0.2) is 0 Å². The molecule has 0 fully saturated rings. The number of ether oxygens (including phenoxy) is 1. The Labute approximate surface area is 264 Å². The fourth-order valence-corrected chi connectivity index (χ4v) is 5.41. The summed E-state index contributed by atoms with van der Waals surface area (Å²) in [5.74, 6) is -0.641. The van der Waals surface area contributed by atoms with Gasteiger partial charge in [-0.1, -0.05) is 78.9 Å². The molecule has 240 valence electrons. The highest BCUT2D eigenvalue weighted by Crippen LogP contribution is 2.31. The van der Waals surface area contributed by atoms with Gasteiger partial charge < -0.3 is 30.9 Å². The molecule has 0 aromatic heterocycles. The molecule has 0 radical (unpaired) electrons. The average Bonchev–Trinajstić information content (AvgIpc) is 3.30.